The summed E-state index contributed by atoms with van der Waals surface area (Å²) >= 11 is 0. The van der Waals surface area contributed by atoms with Gasteiger partial charge >= 0.3 is 0 Å². The molecule has 31 heavy (non-hydrogen) atoms. The lowest BCUT2D eigenvalue weighted by Gasteiger charge is -2.34. The Morgan fingerprint density at radius 3 is 2.42 bits per heavy atom. The molecule has 4 rings (SSSR count). The second-order valence-corrected chi connectivity index (χ2v) is 7.03. The molecule has 0 atom stereocenters. The standard InChI is InChI=1S/C23H21FN4O3/c1-2-30-19-9-5-16(6-10-19)21-26-20(15-25)23(31-21)28-13-11-27(12-14-28)22(29)17-3-7-18(24)8-4-17/h3-10H,2,11-14H2,1H3. The smallest absolute Gasteiger partial charge is 0.253 e. The fourth-order valence-electron chi connectivity index (χ4n) is 3.47. The van der Waals surface area contributed by atoms with E-state index in [9.17, 15) is 14.4 Å². The summed E-state index contributed by atoms with van der Waals surface area (Å²) < 4.78 is 24.5. The van der Waals surface area contributed by atoms with Gasteiger partial charge in [0.25, 0.3) is 5.91 Å². The molecule has 1 fully saturated rings. The van der Waals surface area contributed by atoms with Gasteiger partial charge in [-0.05, 0) is 55.5 Å². The fraction of sp³-hybridized carbons (Fsp3) is 0.261. The Morgan fingerprint density at radius 2 is 1.81 bits per heavy atom. The van der Waals surface area contributed by atoms with Crippen LogP contribution < -0.4 is 9.64 Å². The molecule has 8 heteroatoms. The fourth-order valence-corrected chi connectivity index (χ4v) is 3.47. The monoisotopic (exact) mass is 420 g/mol. The summed E-state index contributed by atoms with van der Waals surface area (Å²) in [6.45, 7) is 4.41. The highest BCUT2D eigenvalue weighted by Gasteiger charge is 2.27. The number of piperazine rings is 1. The molecule has 1 aliphatic rings. The highest BCUT2D eigenvalue weighted by atomic mass is 19.1. The van der Waals surface area contributed by atoms with E-state index < -0.39 is 0 Å². The van der Waals surface area contributed by atoms with Crippen molar-refractivity contribution in [3.05, 3.63) is 65.6 Å². The van der Waals surface area contributed by atoms with Crippen molar-refractivity contribution < 1.29 is 18.3 Å². The summed E-state index contributed by atoms with van der Waals surface area (Å²) in [5.74, 6) is 0.993. The molecular weight excluding hydrogens is 399 g/mol. The zero-order chi connectivity index (χ0) is 21.8. The topological polar surface area (TPSA) is 82.6 Å². The number of carbonyl (C=O) groups excluding carboxylic acids is 1. The average Bonchev–Trinajstić information content (AvgIpc) is 3.24. The van der Waals surface area contributed by atoms with Gasteiger partial charge in [0.15, 0.2) is 0 Å². The lowest BCUT2D eigenvalue weighted by molar-refractivity contribution is 0.0745. The average molecular weight is 420 g/mol. The van der Waals surface area contributed by atoms with E-state index in [1.54, 1.807) is 4.90 Å². The van der Waals surface area contributed by atoms with Gasteiger partial charge in [0.2, 0.25) is 17.5 Å². The van der Waals surface area contributed by atoms with Gasteiger partial charge in [0.05, 0.1) is 6.61 Å². The summed E-state index contributed by atoms with van der Waals surface area (Å²) in [5.41, 5.74) is 1.41. The van der Waals surface area contributed by atoms with Crippen molar-refractivity contribution in [1.82, 2.24) is 9.88 Å². The molecule has 0 bridgehead atoms. The Kier molecular flexibility index (Phi) is 5.85. The molecule has 1 saturated heterocycles. The molecule has 1 amide bonds. The van der Waals surface area contributed by atoms with Gasteiger partial charge in [0.1, 0.15) is 17.6 Å². The number of halogens is 1. The predicted octanol–water partition coefficient (Wildman–Crippen LogP) is 3.71. The van der Waals surface area contributed by atoms with E-state index in [0.717, 1.165) is 11.3 Å². The Bertz CT molecular complexity index is 1100. The number of hydrogen-bond donors (Lipinski definition) is 0. The largest absolute Gasteiger partial charge is 0.494 e. The number of aromatic nitrogens is 1. The predicted molar refractivity (Wildman–Crippen MR) is 112 cm³/mol. The minimum absolute atomic E-state index is 0.146. The van der Waals surface area contributed by atoms with Gasteiger partial charge in [-0.15, -0.1) is 0 Å². The number of oxazole rings is 1. The van der Waals surface area contributed by atoms with E-state index in [-0.39, 0.29) is 17.4 Å². The first-order valence-corrected chi connectivity index (χ1v) is 10.0. The quantitative estimate of drug-likeness (QED) is 0.626. The molecule has 0 radical (unpaired) electrons. The number of benzene rings is 2. The molecule has 158 valence electrons. The third kappa shape index (κ3) is 4.36. The van der Waals surface area contributed by atoms with Crippen molar-refractivity contribution >= 4 is 11.8 Å². The molecule has 0 unspecified atom stereocenters. The molecule has 2 aromatic carbocycles. The van der Waals surface area contributed by atoms with Crippen LogP contribution in [0.3, 0.4) is 0 Å². The van der Waals surface area contributed by atoms with Gasteiger partial charge in [-0.25, -0.2) is 4.39 Å². The maximum absolute atomic E-state index is 13.1. The Labute approximate surface area is 179 Å². The number of ether oxygens (including phenoxy) is 1. The zero-order valence-electron chi connectivity index (χ0n) is 17.0. The van der Waals surface area contributed by atoms with Crippen LogP contribution in [0.1, 0.15) is 23.0 Å². The molecule has 1 aromatic heterocycles. The van der Waals surface area contributed by atoms with Crippen LogP contribution in [0, 0.1) is 17.1 Å². The second kappa shape index (κ2) is 8.88. The summed E-state index contributed by atoms with van der Waals surface area (Å²) in [7, 11) is 0. The molecule has 7 nitrogen and oxygen atoms in total. The van der Waals surface area contributed by atoms with Crippen LogP contribution in [0.5, 0.6) is 5.75 Å². The van der Waals surface area contributed by atoms with E-state index in [0.29, 0.717) is 50.1 Å². The Hall–Kier alpha value is -3.86. The third-order valence-electron chi connectivity index (χ3n) is 5.07. The lowest BCUT2D eigenvalue weighted by atomic mass is 10.2. The highest BCUT2D eigenvalue weighted by molar-refractivity contribution is 5.94. The maximum Gasteiger partial charge on any atom is 0.253 e. The van der Waals surface area contributed by atoms with E-state index in [1.807, 2.05) is 36.1 Å². The van der Waals surface area contributed by atoms with Crippen LogP contribution in [0.15, 0.2) is 52.9 Å². The van der Waals surface area contributed by atoms with Crippen LogP contribution in [0.2, 0.25) is 0 Å². The molecule has 0 N–H and O–H groups in total. The maximum atomic E-state index is 13.1. The summed E-state index contributed by atoms with van der Waals surface area (Å²) in [6.07, 6.45) is 0. The molecule has 1 aliphatic heterocycles. The highest BCUT2D eigenvalue weighted by Crippen LogP contribution is 2.30. The van der Waals surface area contributed by atoms with E-state index in [2.05, 4.69) is 11.1 Å². The third-order valence-corrected chi connectivity index (χ3v) is 5.07. The first-order valence-electron chi connectivity index (χ1n) is 10.0. The Balaban J connectivity index is 1.46. The normalized spacial score (nSPS) is 13.7. The Morgan fingerprint density at radius 1 is 1.13 bits per heavy atom. The molecule has 0 spiro atoms. The summed E-state index contributed by atoms with van der Waals surface area (Å²) in [4.78, 5) is 20.6. The molecule has 0 saturated carbocycles. The zero-order valence-corrected chi connectivity index (χ0v) is 17.0. The van der Waals surface area contributed by atoms with Crippen molar-refractivity contribution in [1.29, 1.82) is 5.26 Å². The number of nitriles is 1. The number of nitrogens with zero attached hydrogens (tertiary/aromatic N) is 4. The van der Waals surface area contributed by atoms with Crippen molar-refractivity contribution in [3.8, 4) is 23.3 Å². The SMILES string of the molecule is CCOc1ccc(-c2nc(C#N)c(N3CCN(C(=O)c4ccc(F)cc4)CC3)o2)cc1. The molecular formula is C23H21FN4O3. The van der Waals surface area contributed by atoms with E-state index in [4.69, 9.17) is 9.15 Å². The van der Waals surface area contributed by atoms with Crippen molar-refractivity contribution in [2.45, 2.75) is 6.92 Å². The van der Waals surface area contributed by atoms with Gasteiger partial charge in [-0.2, -0.15) is 10.2 Å². The van der Waals surface area contributed by atoms with Gasteiger partial charge in [-0.1, -0.05) is 0 Å². The van der Waals surface area contributed by atoms with Crippen LogP contribution in [-0.2, 0) is 0 Å². The number of amides is 1. The van der Waals surface area contributed by atoms with E-state index in [1.165, 1.54) is 24.3 Å². The summed E-state index contributed by atoms with van der Waals surface area (Å²) in [5, 5.41) is 9.52. The number of carbonyl (C=O) groups is 1. The lowest BCUT2D eigenvalue weighted by Crippen LogP contribution is -2.48. The molecule has 0 aliphatic carbocycles. The number of hydrogen-bond acceptors (Lipinski definition) is 6. The van der Waals surface area contributed by atoms with Crippen molar-refractivity contribution in [2.24, 2.45) is 0 Å². The van der Waals surface area contributed by atoms with Gasteiger partial charge in [-0.3, -0.25) is 4.79 Å². The second-order valence-electron chi connectivity index (χ2n) is 7.03. The van der Waals surface area contributed by atoms with Gasteiger partial charge in [0, 0.05) is 37.3 Å². The van der Waals surface area contributed by atoms with Crippen molar-refractivity contribution in [2.75, 3.05) is 37.7 Å². The van der Waals surface area contributed by atoms with Crippen LogP contribution in [0.4, 0.5) is 10.3 Å². The van der Waals surface area contributed by atoms with Crippen molar-refractivity contribution in [3.63, 3.8) is 0 Å². The van der Waals surface area contributed by atoms with E-state index >= 15 is 0 Å². The minimum Gasteiger partial charge on any atom is -0.494 e. The first-order chi connectivity index (χ1) is 15.1. The molecule has 3 aromatic rings. The van der Waals surface area contributed by atoms with Gasteiger partial charge < -0.3 is 19.0 Å². The van der Waals surface area contributed by atoms with Crippen LogP contribution in [-0.4, -0.2) is 48.6 Å². The number of rotatable bonds is 5. The minimum atomic E-state index is -0.376. The van der Waals surface area contributed by atoms with Crippen LogP contribution >= 0.6 is 0 Å². The first kappa shape index (κ1) is 20.4. The number of anilines is 1. The summed E-state index contributed by atoms with van der Waals surface area (Å²) in [6, 6.07) is 14.9. The molecule has 2 heterocycles. The van der Waals surface area contributed by atoms with Crippen LogP contribution in [0.25, 0.3) is 11.5 Å².